The van der Waals surface area contributed by atoms with E-state index in [2.05, 4.69) is 5.32 Å². The molecule has 3 atom stereocenters. The fourth-order valence-corrected chi connectivity index (χ4v) is 2.89. The minimum absolute atomic E-state index is 0.319. The lowest BCUT2D eigenvalue weighted by Crippen LogP contribution is -2.53. The first-order chi connectivity index (χ1) is 9.95. The number of carbonyl (C=O) groups excluding carboxylic acids is 1. The summed E-state index contributed by atoms with van der Waals surface area (Å²) in [6, 6.07) is 7.95. The van der Waals surface area contributed by atoms with Gasteiger partial charge in [-0.15, -0.1) is 0 Å². The van der Waals surface area contributed by atoms with Crippen LogP contribution in [0.5, 0.6) is 0 Å². The Bertz CT molecular complexity index is 518. The van der Waals surface area contributed by atoms with Crippen molar-refractivity contribution >= 4 is 11.9 Å². The molecule has 0 spiro atoms. The van der Waals surface area contributed by atoms with Gasteiger partial charge in [0.2, 0.25) is 5.91 Å². The maximum absolute atomic E-state index is 12.3. The summed E-state index contributed by atoms with van der Waals surface area (Å²) in [5.74, 6) is -1.18. The lowest BCUT2D eigenvalue weighted by molar-refractivity contribution is -0.152. The Morgan fingerprint density at radius 2 is 2.00 bits per heavy atom. The summed E-state index contributed by atoms with van der Waals surface area (Å²) in [6.45, 7) is 1.70. The number of carbonyl (C=O) groups is 2. The highest BCUT2D eigenvalue weighted by atomic mass is 16.4. The lowest BCUT2D eigenvalue weighted by Gasteiger charge is -2.38. The molecular weight excluding hydrogens is 268 g/mol. The van der Waals surface area contributed by atoms with Crippen LogP contribution in [-0.2, 0) is 9.59 Å². The molecule has 0 saturated heterocycles. The first-order valence-electron chi connectivity index (χ1n) is 7.29. The molecule has 1 aromatic carbocycles. The molecule has 0 aromatic heterocycles. The van der Waals surface area contributed by atoms with Gasteiger partial charge in [0, 0.05) is 6.04 Å². The van der Waals surface area contributed by atoms with Gasteiger partial charge < -0.3 is 16.2 Å². The highest BCUT2D eigenvalue weighted by Gasteiger charge is 2.44. The Labute approximate surface area is 124 Å². The third-order valence-corrected chi connectivity index (χ3v) is 4.45. The molecule has 1 aromatic rings. The van der Waals surface area contributed by atoms with E-state index >= 15 is 0 Å². The minimum Gasteiger partial charge on any atom is -0.481 e. The number of nitrogens with one attached hydrogen (secondary N) is 1. The Morgan fingerprint density at radius 3 is 2.62 bits per heavy atom. The molecule has 0 radical (unpaired) electrons. The Kier molecular flexibility index (Phi) is 4.63. The van der Waals surface area contributed by atoms with Crippen LogP contribution in [0.1, 0.15) is 44.2 Å². The summed E-state index contributed by atoms with van der Waals surface area (Å²) in [7, 11) is 0. The fourth-order valence-electron chi connectivity index (χ4n) is 2.89. The summed E-state index contributed by atoms with van der Waals surface area (Å²) >= 11 is 0. The number of hydrogen-bond donors (Lipinski definition) is 3. The molecule has 5 nitrogen and oxygen atoms in total. The Balaban J connectivity index is 2.09. The van der Waals surface area contributed by atoms with E-state index in [1.54, 1.807) is 19.1 Å². The van der Waals surface area contributed by atoms with E-state index in [-0.39, 0.29) is 11.9 Å². The number of carboxylic acid groups (broad SMARTS) is 1. The molecule has 1 aliphatic carbocycles. The number of carboxylic acids is 1. The summed E-state index contributed by atoms with van der Waals surface area (Å²) in [6.07, 6.45) is 3.05. The molecule has 2 rings (SSSR count). The molecule has 1 aliphatic rings. The quantitative estimate of drug-likeness (QED) is 0.789. The van der Waals surface area contributed by atoms with Crippen molar-refractivity contribution in [3.8, 4) is 0 Å². The number of amides is 1. The smallest absolute Gasteiger partial charge is 0.311 e. The van der Waals surface area contributed by atoms with Crippen LogP contribution >= 0.6 is 0 Å². The maximum atomic E-state index is 12.3. The standard InChI is InChI=1S/C16H22N2O3/c1-16(15(20)21)10-6-5-9-12(16)18-14(19)13(17)11-7-3-2-4-8-11/h2-4,7-8,12-13H,5-6,9-10,17H2,1H3,(H,18,19)(H,20,21). The summed E-state index contributed by atoms with van der Waals surface area (Å²) in [4.78, 5) is 23.8. The monoisotopic (exact) mass is 290 g/mol. The molecule has 5 heteroatoms. The predicted molar refractivity (Wildman–Crippen MR) is 79.5 cm³/mol. The molecule has 1 amide bonds. The first-order valence-corrected chi connectivity index (χ1v) is 7.29. The zero-order valence-corrected chi connectivity index (χ0v) is 12.2. The van der Waals surface area contributed by atoms with Gasteiger partial charge in [-0.05, 0) is 25.3 Å². The summed E-state index contributed by atoms with van der Waals surface area (Å²) in [5, 5.41) is 12.3. The first kappa shape index (κ1) is 15.5. The van der Waals surface area contributed by atoms with Crippen LogP contribution in [-0.4, -0.2) is 23.0 Å². The lowest BCUT2D eigenvalue weighted by atomic mass is 9.71. The highest BCUT2D eigenvalue weighted by molar-refractivity contribution is 5.84. The van der Waals surface area contributed by atoms with Crippen molar-refractivity contribution < 1.29 is 14.7 Å². The third-order valence-electron chi connectivity index (χ3n) is 4.45. The summed E-state index contributed by atoms with van der Waals surface area (Å²) in [5.41, 5.74) is 5.77. The van der Waals surface area contributed by atoms with E-state index in [0.717, 1.165) is 18.4 Å². The maximum Gasteiger partial charge on any atom is 0.311 e. The van der Waals surface area contributed by atoms with Crippen molar-refractivity contribution in [1.82, 2.24) is 5.32 Å². The molecule has 4 N–H and O–H groups in total. The van der Waals surface area contributed by atoms with E-state index in [9.17, 15) is 14.7 Å². The van der Waals surface area contributed by atoms with E-state index in [1.165, 1.54) is 0 Å². The van der Waals surface area contributed by atoms with Gasteiger partial charge in [-0.25, -0.2) is 0 Å². The zero-order chi connectivity index (χ0) is 15.5. The average molecular weight is 290 g/mol. The number of rotatable bonds is 4. The largest absolute Gasteiger partial charge is 0.481 e. The third kappa shape index (κ3) is 3.24. The van der Waals surface area contributed by atoms with E-state index in [0.29, 0.717) is 12.8 Å². The zero-order valence-electron chi connectivity index (χ0n) is 12.2. The van der Waals surface area contributed by atoms with E-state index < -0.39 is 17.4 Å². The van der Waals surface area contributed by atoms with Crippen LogP contribution in [0, 0.1) is 5.41 Å². The van der Waals surface area contributed by atoms with Crippen molar-refractivity contribution in [3.63, 3.8) is 0 Å². The second-order valence-electron chi connectivity index (χ2n) is 5.92. The van der Waals surface area contributed by atoms with Crippen molar-refractivity contribution in [3.05, 3.63) is 35.9 Å². The van der Waals surface area contributed by atoms with Crippen molar-refractivity contribution in [2.75, 3.05) is 0 Å². The summed E-state index contributed by atoms with van der Waals surface area (Å²) < 4.78 is 0. The van der Waals surface area contributed by atoms with Gasteiger partial charge in [0.25, 0.3) is 0 Å². The Hall–Kier alpha value is -1.88. The average Bonchev–Trinajstić information content (AvgIpc) is 2.49. The van der Waals surface area contributed by atoms with Gasteiger partial charge in [0.15, 0.2) is 0 Å². The number of benzene rings is 1. The highest BCUT2D eigenvalue weighted by Crippen LogP contribution is 2.36. The van der Waals surface area contributed by atoms with Crippen LogP contribution < -0.4 is 11.1 Å². The van der Waals surface area contributed by atoms with Crippen molar-refractivity contribution in [2.45, 2.75) is 44.7 Å². The van der Waals surface area contributed by atoms with Gasteiger partial charge in [-0.2, -0.15) is 0 Å². The predicted octanol–water partition coefficient (Wildman–Crippen LogP) is 1.84. The molecule has 0 aliphatic heterocycles. The topological polar surface area (TPSA) is 92.4 Å². The molecule has 114 valence electrons. The van der Waals surface area contributed by atoms with E-state index in [1.807, 2.05) is 18.2 Å². The number of aliphatic carboxylic acids is 1. The second kappa shape index (κ2) is 6.26. The second-order valence-corrected chi connectivity index (χ2v) is 5.92. The molecular formula is C16H22N2O3. The van der Waals surface area contributed by atoms with Gasteiger partial charge in [-0.3, -0.25) is 9.59 Å². The van der Waals surface area contributed by atoms with Crippen LogP contribution in [0.4, 0.5) is 0 Å². The van der Waals surface area contributed by atoms with Crippen LogP contribution in [0.2, 0.25) is 0 Å². The molecule has 0 heterocycles. The van der Waals surface area contributed by atoms with E-state index in [4.69, 9.17) is 5.73 Å². The normalized spacial score (nSPS) is 26.9. The van der Waals surface area contributed by atoms with Gasteiger partial charge >= 0.3 is 5.97 Å². The molecule has 3 unspecified atom stereocenters. The van der Waals surface area contributed by atoms with Gasteiger partial charge in [0.1, 0.15) is 6.04 Å². The van der Waals surface area contributed by atoms with Crippen LogP contribution in [0.25, 0.3) is 0 Å². The minimum atomic E-state index is -0.912. The van der Waals surface area contributed by atoms with Crippen molar-refractivity contribution in [1.29, 1.82) is 0 Å². The number of nitrogens with two attached hydrogens (primary N) is 1. The number of hydrogen-bond acceptors (Lipinski definition) is 3. The Morgan fingerprint density at radius 1 is 1.33 bits per heavy atom. The van der Waals surface area contributed by atoms with Crippen LogP contribution in [0.15, 0.2) is 30.3 Å². The van der Waals surface area contributed by atoms with Gasteiger partial charge in [-0.1, -0.05) is 43.2 Å². The SMILES string of the molecule is CC1(C(=O)O)CCCCC1NC(=O)C(N)c1ccccc1. The fraction of sp³-hybridized carbons (Fsp3) is 0.500. The van der Waals surface area contributed by atoms with Crippen LogP contribution in [0.3, 0.4) is 0 Å². The molecule has 0 bridgehead atoms. The molecule has 21 heavy (non-hydrogen) atoms. The molecule has 1 fully saturated rings. The van der Waals surface area contributed by atoms with Gasteiger partial charge in [0.05, 0.1) is 5.41 Å². The van der Waals surface area contributed by atoms with Crippen molar-refractivity contribution in [2.24, 2.45) is 11.1 Å². The molecule has 1 saturated carbocycles.